The molecule has 164 valence electrons. The fourth-order valence-electron chi connectivity index (χ4n) is 3.27. The number of nitrogens with one attached hydrogen (secondary N) is 1. The summed E-state index contributed by atoms with van der Waals surface area (Å²) >= 11 is 0. The molecule has 0 atom stereocenters. The molecule has 0 aliphatic carbocycles. The van der Waals surface area contributed by atoms with Gasteiger partial charge in [0.15, 0.2) is 0 Å². The molecule has 0 spiro atoms. The molecule has 31 heavy (non-hydrogen) atoms. The normalized spacial score (nSPS) is 15.1. The zero-order chi connectivity index (χ0) is 22.8. The molecule has 1 aliphatic rings. The number of carbonyl (C=O) groups is 2. The third-order valence-electron chi connectivity index (χ3n) is 5.19. The number of non-ortho nitro benzene ring substituents is 1. The smallest absolute Gasteiger partial charge is 0.269 e. The number of amides is 2. The average molecular weight is 425 g/mol. The highest BCUT2D eigenvalue weighted by Gasteiger charge is 2.37. The van der Waals surface area contributed by atoms with E-state index in [2.05, 4.69) is 19.2 Å². The molecule has 0 fully saturated rings. The van der Waals surface area contributed by atoms with Gasteiger partial charge >= 0.3 is 0 Å². The summed E-state index contributed by atoms with van der Waals surface area (Å²) in [6.07, 6.45) is 0.834. The van der Waals surface area contributed by atoms with E-state index in [1.54, 1.807) is 23.1 Å². The Balaban J connectivity index is 1.88. The summed E-state index contributed by atoms with van der Waals surface area (Å²) in [4.78, 5) is 37.8. The fraction of sp³-hybridized carbons (Fsp3) is 0.391. The molecule has 1 aliphatic heterocycles. The minimum absolute atomic E-state index is 0.0225. The summed E-state index contributed by atoms with van der Waals surface area (Å²) in [6, 6.07) is 10.6. The van der Waals surface area contributed by atoms with Crippen molar-refractivity contribution in [3.05, 3.63) is 58.1 Å². The molecular formula is C23H27N3O5. The van der Waals surface area contributed by atoms with Crippen LogP contribution in [0.3, 0.4) is 0 Å². The van der Waals surface area contributed by atoms with Gasteiger partial charge in [-0.1, -0.05) is 13.8 Å². The maximum Gasteiger partial charge on any atom is 0.269 e. The minimum atomic E-state index is -0.668. The van der Waals surface area contributed by atoms with Crippen LogP contribution in [0.2, 0.25) is 0 Å². The lowest BCUT2D eigenvalue weighted by molar-refractivity contribution is -0.384. The number of ether oxygens (including phenoxy) is 1. The summed E-state index contributed by atoms with van der Waals surface area (Å²) in [6.45, 7) is 8.75. The third-order valence-corrected chi connectivity index (χ3v) is 5.19. The first kappa shape index (κ1) is 22.3. The van der Waals surface area contributed by atoms with Crippen LogP contribution in [0.15, 0.2) is 42.5 Å². The van der Waals surface area contributed by atoms with Crippen molar-refractivity contribution in [2.45, 2.75) is 34.1 Å². The van der Waals surface area contributed by atoms with Gasteiger partial charge in [0.05, 0.1) is 16.0 Å². The Hall–Kier alpha value is -3.42. The van der Waals surface area contributed by atoms with E-state index in [0.717, 1.165) is 6.42 Å². The second kappa shape index (κ2) is 8.75. The number of benzene rings is 2. The molecule has 2 amide bonds. The molecular weight excluding hydrogens is 398 g/mol. The summed E-state index contributed by atoms with van der Waals surface area (Å²) < 4.78 is 5.91. The number of anilines is 2. The Kier molecular flexibility index (Phi) is 6.29. The molecule has 0 radical (unpaired) electrons. The molecule has 0 unspecified atom stereocenters. The number of nitro benzene ring substituents is 1. The molecule has 8 heteroatoms. The number of hydrogen-bond acceptors (Lipinski definition) is 5. The first-order valence-electron chi connectivity index (χ1n) is 10.2. The van der Waals surface area contributed by atoms with Gasteiger partial charge in [-0.2, -0.15) is 0 Å². The molecule has 8 nitrogen and oxygen atoms in total. The van der Waals surface area contributed by atoms with Crippen molar-refractivity contribution < 1.29 is 19.2 Å². The fourth-order valence-corrected chi connectivity index (χ4v) is 3.27. The van der Waals surface area contributed by atoms with Crippen molar-refractivity contribution >= 4 is 28.9 Å². The average Bonchev–Trinajstić information content (AvgIpc) is 2.81. The van der Waals surface area contributed by atoms with Crippen LogP contribution in [0.1, 0.15) is 44.5 Å². The molecule has 2 aromatic carbocycles. The van der Waals surface area contributed by atoms with Gasteiger partial charge < -0.3 is 15.0 Å². The molecule has 3 rings (SSSR count). The second-order valence-electron chi connectivity index (χ2n) is 8.75. The van der Waals surface area contributed by atoms with Crippen LogP contribution in [-0.2, 0) is 4.79 Å². The minimum Gasteiger partial charge on any atom is -0.490 e. The predicted octanol–water partition coefficient (Wildman–Crippen LogP) is 4.64. The number of fused-ring (bicyclic) bond motifs is 1. The van der Waals surface area contributed by atoms with Crippen LogP contribution >= 0.6 is 0 Å². The van der Waals surface area contributed by atoms with Gasteiger partial charge in [-0.3, -0.25) is 19.7 Å². The van der Waals surface area contributed by atoms with E-state index < -0.39 is 16.2 Å². The topological polar surface area (TPSA) is 102 Å². The van der Waals surface area contributed by atoms with Crippen molar-refractivity contribution in [1.82, 2.24) is 0 Å². The molecule has 1 N–H and O–H groups in total. The lowest BCUT2D eigenvalue weighted by Gasteiger charge is -2.28. The van der Waals surface area contributed by atoms with Gasteiger partial charge in [0.1, 0.15) is 12.4 Å². The van der Waals surface area contributed by atoms with Gasteiger partial charge in [0.25, 0.3) is 11.6 Å². The van der Waals surface area contributed by atoms with Gasteiger partial charge in [0.2, 0.25) is 5.91 Å². The van der Waals surface area contributed by atoms with Crippen molar-refractivity contribution in [3.63, 3.8) is 0 Å². The van der Waals surface area contributed by atoms with Gasteiger partial charge in [0, 0.05) is 29.9 Å². The van der Waals surface area contributed by atoms with Gasteiger partial charge in [-0.05, 0) is 56.5 Å². The molecule has 1 heterocycles. The van der Waals surface area contributed by atoms with Crippen molar-refractivity contribution in [2.24, 2.45) is 11.3 Å². The highest BCUT2D eigenvalue weighted by Crippen LogP contribution is 2.38. The van der Waals surface area contributed by atoms with E-state index in [9.17, 15) is 19.7 Å². The summed E-state index contributed by atoms with van der Waals surface area (Å²) in [5, 5.41) is 13.6. The second-order valence-corrected chi connectivity index (χ2v) is 8.75. The van der Waals surface area contributed by atoms with Crippen molar-refractivity contribution in [1.29, 1.82) is 0 Å². The molecule has 0 bridgehead atoms. The van der Waals surface area contributed by atoms with Crippen LogP contribution in [0.4, 0.5) is 17.1 Å². The Morgan fingerprint density at radius 1 is 1.23 bits per heavy atom. The number of hydrogen-bond donors (Lipinski definition) is 1. The maximum absolute atomic E-state index is 13.2. The Morgan fingerprint density at radius 3 is 2.52 bits per heavy atom. The molecule has 0 aromatic heterocycles. The first-order chi connectivity index (χ1) is 14.6. The van der Waals surface area contributed by atoms with E-state index >= 15 is 0 Å². The summed E-state index contributed by atoms with van der Waals surface area (Å²) in [7, 11) is 0. The van der Waals surface area contributed by atoms with Crippen LogP contribution in [0.25, 0.3) is 0 Å². The number of rotatable bonds is 6. The number of nitrogens with zero attached hydrogens (tertiary/aromatic N) is 2. The van der Waals surface area contributed by atoms with Crippen molar-refractivity contribution in [2.75, 3.05) is 23.4 Å². The largest absolute Gasteiger partial charge is 0.490 e. The third kappa shape index (κ3) is 5.02. The van der Waals surface area contributed by atoms with E-state index in [0.29, 0.717) is 35.2 Å². The number of carbonyl (C=O) groups excluding carboxylic acids is 2. The highest BCUT2D eigenvalue weighted by atomic mass is 16.6. The Bertz CT molecular complexity index is 999. The monoisotopic (exact) mass is 425 g/mol. The summed E-state index contributed by atoms with van der Waals surface area (Å²) in [5.41, 5.74) is 0.676. The summed E-state index contributed by atoms with van der Waals surface area (Å²) in [5.74, 6) is 0.597. The lowest BCUT2D eigenvalue weighted by Crippen LogP contribution is -2.42. The SMILES string of the molecule is CC(C)CCN1C(=O)C(C)(C)COc2ccc(NC(=O)c3ccc([N+](=O)[O-])cc3)cc21. The lowest BCUT2D eigenvalue weighted by atomic mass is 9.92. The van der Waals surface area contributed by atoms with E-state index in [-0.39, 0.29) is 18.2 Å². The quantitative estimate of drug-likeness (QED) is 0.536. The molecule has 0 saturated carbocycles. The standard InChI is InChI=1S/C23H27N3O5/c1-15(2)11-12-25-19-13-17(7-10-20(19)31-14-23(3,4)22(25)28)24-21(27)16-5-8-18(9-6-16)26(29)30/h5-10,13,15H,11-12,14H2,1-4H3,(H,24,27). The Labute approximate surface area is 181 Å². The van der Waals surface area contributed by atoms with E-state index in [1.807, 2.05) is 13.8 Å². The van der Waals surface area contributed by atoms with E-state index in [1.165, 1.54) is 24.3 Å². The van der Waals surface area contributed by atoms with Crippen LogP contribution in [0.5, 0.6) is 5.75 Å². The van der Waals surface area contributed by atoms with Gasteiger partial charge in [-0.15, -0.1) is 0 Å². The highest BCUT2D eigenvalue weighted by molar-refractivity contribution is 6.05. The van der Waals surface area contributed by atoms with Crippen LogP contribution in [0, 0.1) is 21.4 Å². The maximum atomic E-state index is 13.2. The van der Waals surface area contributed by atoms with Gasteiger partial charge in [-0.25, -0.2) is 0 Å². The predicted molar refractivity (Wildman–Crippen MR) is 119 cm³/mol. The van der Waals surface area contributed by atoms with Crippen molar-refractivity contribution in [3.8, 4) is 5.75 Å². The van der Waals surface area contributed by atoms with Crippen LogP contribution in [-0.4, -0.2) is 29.9 Å². The first-order valence-corrected chi connectivity index (χ1v) is 10.2. The number of nitro groups is 1. The van der Waals surface area contributed by atoms with E-state index in [4.69, 9.17) is 4.74 Å². The molecule has 0 saturated heterocycles. The Morgan fingerprint density at radius 2 is 1.90 bits per heavy atom. The zero-order valence-electron chi connectivity index (χ0n) is 18.2. The van der Waals surface area contributed by atoms with Crippen LogP contribution < -0.4 is 15.0 Å². The zero-order valence-corrected chi connectivity index (χ0v) is 18.2. The molecule has 2 aromatic rings.